The summed E-state index contributed by atoms with van der Waals surface area (Å²) in [5.41, 5.74) is -0.181. The Bertz CT molecular complexity index is 609. The van der Waals surface area contributed by atoms with Crippen molar-refractivity contribution in [2.45, 2.75) is 51.9 Å². The summed E-state index contributed by atoms with van der Waals surface area (Å²) in [6.45, 7) is 3.99. The van der Waals surface area contributed by atoms with Gasteiger partial charge in [0, 0.05) is 18.3 Å². The second-order valence-electron chi connectivity index (χ2n) is 6.63. The van der Waals surface area contributed by atoms with Crippen molar-refractivity contribution in [1.29, 1.82) is 10.5 Å². The number of Topliss-reactive ketones (excluding diaryl/α,β-unsaturated/α-hetero) is 1. The van der Waals surface area contributed by atoms with Crippen LogP contribution >= 0.6 is 0 Å². The van der Waals surface area contributed by atoms with Gasteiger partial charge < -0.3 is 0 Å². The molecule has 0 amide bonds. The van der Waals surface area contributed by atoms with E-state index < -0.39 is 5.41 Å². The number of carbonyl (C=O) groups is 1. The molecular formula is C20H24N2O. The van der Waals surface area contributed by atoms with Crippen molar-refractivity contribution >= 4 is 5.78 Å². The lowest BCUT2D eigenvalue weighted by atomic mass is 9.55. The third-order valence-corrected chi connectivity index (χ3v) is 5.27. The average Bonchev–Trinajstić information content (AvgIpc) is 2.58. The molecule has 0 spiro atoms. The first-order valence-electron chi connectivity index (χ1n) is 8.50. The lowest BCUT2D eigenvalue weighted by molar-refractivity contribution is -0.128. The molecule has 0 bridgehead atoms. The summed E-state index contributed by atoms with van der Waals surface area (Å²) < 4.78 is 0. The lowest BCUT2D eigenvalue weighted by Crippen LogP contribution is -2.45. The van der Waals surface area contributed by atoms with Gasteiger partial charge in [-0.05, 0) is 17.9 Å². The van der Waals surface area contributed by atoms with E-state index in [0.717, 1.165) is 31.2 Å². The van der Waals surface area contributed by atoms with E-state index in [2.05, 4.69) is 19.1 Å². The van der Waals surface area contributed by atoms with Crippen molar-refractivity contribution in [3.05, 3.63) is 35.9 Å². The Labute approximate surface area is 138 Å². The normalized spacial score (nSPS) is 26.3. The monoisotopic (exact) mass is 308 g/mol. The molecule has 1 aliphatic carbocycles. The third-order valence-electron chi connectivity index (χ3n) is 5.27. The zero-order valence-corrected chi connectivity index (χ0v) is 14.0. The van der Waals surface area contributed by atoms with Gasteiger partial charge in [-0.3, -0.25) is 4.79 Å². The van der Waals surface area contributed by atoms with Crippen LogP contribution in [0.1, 0.15) is 57.4 Å². The summed E-state index contributed by atoms with van der Waals surface area (Å²) in [5.74, 6) is -0.620. The first kappa shape index (κ1) is 17.2. The number of unbranched alkanes of at least 4 members (excludes halogenated alkanes) is 2. The Balaban J connectivity index is 2.45. The van der Waals surface area contributed by atoms with Crippen molar-refractivity contribution in [2.75, 3.05) is 0 Å². The van der Waals surface area contributed by atoms with Crippen LogP contribution in [-0.4, -0.2) is 5.78 Å². The number of nitrogens with zero attached hydrogens (tertiary/aromatic N) is 2. The molecule has 0 aliphatic heterocycles. The van der Waals surface area contributed by atoms with Crippen molar-refractivity contribution < 1.29 is 4.79 Å². The van der Waals surface area contributed by atoms with Crippen LogP contribution in [0.25, 0.3) is 0 Å². The SMILES string of the molecule is CCCCCC1CC(=O)C(C)C(c2ccccc2)C1(C#N)C#N. The van der Waals surface area contributed by atoms with Crippen LogP contribution in [-0.2, 0) is 4.79 Å². The molecule has 1 fully saturated rings. The molecule has 3 unspecified atom stereocenters. The van der Waals surface area contributed by atoms with Gasteiger partial charge in [0.15, 0.2) is 5.41 Å². The maximum absolute atomic E-state index is 12.5. The van der Waals surface area contributed by atoms with E-state index in [4.69, 9.17) is 0 Å². The highest BCUT2D eigenvalue weighted by Crippen LogP contribution is 2.53. The molecule has 0 saturated heterocycles. The number of hydrogen-bond acceptors (Lipinski definition) is 3. The third kappa shape index (κ3) is 3.15. The average molecular weight is 308 g/mol. The highest BCUT2D eigenvalue weighted by atomic mass is 16.1. The summed E-state index contributed by atoms with van der Waals surface area (Å²) in [7, 11) is 0. The van der Waals surface area contributed by atoms with Crippen molar-refractivity contribution in [1.82, 2.24) is 0 Å². The maximum Gasteiger partial charge on any atom is 0.154 e. The molecule has 0 N–H and O–H groups in total. The number of rotatable bonds is 5. The van der Waals surface area contributed by atoms with Gasteiger partial charge in [0.1, 0.15) is 5.78 Å². The second kappa shape index (κ2) is 7.42. The Morgan fingerprint density at radius 1 is 1.17 bits per heavy atom. The van der Waals surface area contributed by atoms with Gasteiger partial charge >= 0.3 is 0 Å². The maximum atomic E-state index is 12.5. The Morgan fingerprint density at radius 3 is 2.39 bits per heavy atom. The summed E-state index contributed by atoms with van der Waals surface area (Å²) in [6, 6.07) is 14.3. The summed E-state index contributed by atoms with van der Waals surface area (Å²) >= 11 is 0. The molecule has 1 aliphatic rings. The van der Waals surface area contributed by atoms with Gasteiger partial charge in [-0.2, -0.15) is 10.5 Å². The molecule has 0 aromatic heterocycles. The van der Waals surface area contributed by atoms with E-state index in [-0.39, 0.29) is 23.5 Å². The zero-order valence-electron chi connectivity index (χ0n) is 14.0. The summed E-state index contributed by atoms with van der Waals surface area (Å²) in [6.07, 6.45) is 4.26. The highest BCUT2D eigenvalue weighted by Gasteiger charge is 2.54. The van der Waals surface area contributed by atoms with Crippen LogP contribution in [0.5, 0.6) is 0 Å². The Morgan fingerprint density at radius 2 is 1.83 bits per heavy atom. The van der Waals surface area contributed by atoms with Gasteiger partial charge in [-0.1, -0.05) is 63.4 Å². The minimum Gasteiger partial charge on any atom is -0.299 e. The van der Waals surface area contributed by atoms with Crippen LogP contribution < -0.4 is 0 Å². The van der Waals surface area contributed by atoms with Crippen LogP contribution in [0, 0.1) is 39.9 Å². The van der Waals surface area contributed by atoms with E-state index in [9.17, 15) is 15.3 Å². The predicted molar refractivity (Wildman–Crippen MR) is 89.3 cm³/mol. The minimum absolute atomic E-state index is 0.169. The number of carbonyl (C=O) groups excluding carboxylic acids is 1. The Hall–Kier alpha value is -2.13. The Kier molecular flexibility index (Phi) is 5.56. The molecular weight excluding hydrogens is 284 g/mol. The van der Waals surface area contributed by atoms with Crippen molar-refractivity contribution in [3.63, 3.8) is 0 Å². The molecule has 0 heterocycles. The number of nitriles is 2. The zero-order chi connectivity index (χ0) is 16.9. The van der Waals surface area contributed by atoms with E-state index in [1.807, 2.05) is 37.3 Å². The predicted octanol–water partition coefficient (Wildman–Crippen LogP) is 4.61. The molecule has 1 aromatic carbocycles. The molecule has 1 saturated carbocycles. The first-order valence-corrected chi connectivity index (χ1v) is 8.50. The van der Waals surface area contributed by atoms with E-state index in [1.54, 1.807) is 0 Å². The number of benzene rings is 1. The molecule has 23 heavy (non-hydrogen) atoms. The smallest absolute Gasteiger partial charge is 0.154 e. The van der Waals surface area contributed by atoms with Crippen LogP contribution in [0.15, 0.2) is 30.3 Å². The number of ketones is 1. The van der Waals surface area contributed by atoms with Crippen LogP contribution in [0.2, 0.25) is 0 Å². The van der Waals surface area contributed by atoms with Gasteiger partial charge in [-0.25, -0.2) is 0 Å². The fourth-order valence-electron chi connectivity index (χ4n) is 3.95. The first-order chi connectivity index (χ1) is 11.1. The van der Waals surface area contributed by atoms with Crippen LogP contribution in [0.3, 0.4) is 0 Å². The second-order valence-corrected chi connectivity index (χ2v) is 6.63. The quantitative estimate of drug-likeness (QED) is 0.746. The van der Waals surface area contributed by atoms with E-state index in [1.165, 1.54) is 0 Å². The number of hydrogen-bond donors (Lipinski definition) is 0. The molecule has 2 rings (SSSR count). The van der Waals surface area contributed by atoms with E-state index >= 15 is 0 Å². The fraction of sp³-hybridized carbons (Fsp3) is 0.550. The van der Waals surface area contributed by atoms with Gasteiger partial charge in [0.05, 0.1) is 12.1 Å². The van der Waals surface area contributed by atoms with Crippen molar-refractivity contribution in [3.8, 4) is 12.1 Å². The summed E-state index contributed by atoms with van der Waals surface area (Å²) in [5, 5.41) is 19.8. The van der Waals surface area contributed by atoms with Gasteiger partial charge in [0.2, 0.25) is 0 Å². The van der Waals surface area contributed by atoms with Gasteiger partial charge in [0.25, 0.3) is 0 Å². The lowest BCUT2D eigenvalue weighted by Gasteiger charge is -2.43. The molecule has 120 valence electrons. The molecule has 3 nitrogen and oxygen atoms in total. The fourth-order valence-corrected chi connectivity index (χ4v) is 3.95. The summed E-state index contributed by atoms with van der Waals surface area (Å²) in [4.78, 5) is 12.5. The molecule has 3 atom stereocenters. The highest BCUT2D eigenvalue weighted by molar-refractivity contribution is 5.84. The van der Waals surface area contributed by atoms with Crippen LogP contribution in [0.4, 0.5) is 0 Å². The van der Waals surface area contributed by atoms with E-state index in [0.29, 0.717) is 6.42 Å². The topological polar surface area (TPSA) is 64.7 Å². The minimum atomic E-state index is -1.11. The molecule has 1 aromatic rings. The largest absolute Gasteiger partial charge is 0.299 e. The molecule has 0 radical (unpaired) electrons. The molecule has 3 heteroatoms. The van der Waals surface area contributed by atoms with Crippen molar-refractivity contribution in [2.24, 2.45) is 17.3 Å². The standard InChI is InChI=1S/C20H24N2O/c1-3-4-6-11-17-12-18(23)15(2)19(20(17,13-21)14-22)16-9-7-5-8-10-16/h5,7-10,15,17,19H,3-4,6,11-12H2,1-2H3. The van der Waals surface area contributed by atoms with Gasteiger partial charge in [-0.15, -0.1) is 0 Å².